The van der Waals surface area contributed by atoms with Crippen LogP contribution >= 0.6 is 0 Å². The van der Waals surface area contributed by atoms with Gasteiger partial charge in [-0.2, -0.15) is 10.1 Å². The summed E-state index contributed by atoms with van der Waals surface area (Å²) in [6, 6.07) is 22.7. The summed E-state index contributed by atoms with van der Waals surface area (Å²) >= 11 is 0. The molecule has 0 aliphatic carbocycles. The van der Waals surface area contributed by atoms with E-state index in [-0.39, 0.29) is 11.4 Å². The Morgan fingerprint density at radius 3 is 2.22 bits per heavy atom. The molecule has 5 aromatic rings. The van der Waals surface area contributed by atoms with E-state index in [1.54, 1.807) is 23.0 Å². The van der Waals surface area contributed by atoms with Gasteiger partial charge in [0.1, 0.15) is 17.4 Å². The molecule has 0 saturated carbocycles. The number of anilines is 2. The van der Waals surface area contributed by atoms with E-state index in [2.05, 4.69) is 61.0 Å². The minimum absolute atomic E-state index is 0.183. The minimum Gasteiger partial charge on any atom is -0.438 e. The Bertz CT molecular complexity index is 1850. The molecule has 2 amide bonds. The number of benzene rings is 3. The molecule has 0 radical (unpaired) electrons. The van der Waals surface area contributed by atoms with Crippen LogP contribution in [0.25, 0.3) is 16.5 Å². The highest BCUT2D eigenvalue weighted by Crippen LogP contribution is 2.34. The summed E-state index contributed by atoms with van der Waals surface area (Å²) in [6.07, 6.45) is 7.87. The van der Waals surface area contributed by atoms with Crippen molar-refractivity contribution in [3.8, 4) is 17.3 Å². The number of ether oxygens (including phenoxy) is 1. The maximum atomic E-state index is 13.2. The van der Waals surface area contributed by atoms with Gasteiger partial charge in [-0.1, -0.05) is 93.8 Å². The summed E-state index contributed by atoms with van der Waals surface area (Å²) < 4.78 is 7.81. The molecule has 0 bridgehead atoms. The van der Waals surface area contributed by atoms with E-state index in [4.69, 9.17) is 15.6 Å². The number of nitrogens with zero attached hydrogens (tertiary/aromatic N) is 4. The summed E-state index contributed by atoms with van der Waals surface area (Å²) in [5, 5.41) is 12.5. The Morgan fingerprint density at radius 2 is 1.65 bits per heavy atom. The predicted octanol–water partition coefficient (Wildman–Crippen LogP) is 10.0. The SMILES string of the molecule is C/C=C(/CN)CCC.C=CC.Cc1ccc(-n2nc(C(C)(C)C)cc2NC(=O)Nc2ccc(Oc3ccnc(C)n3)c3ccccc23)cc1. The second-order valence-electron chi connectivity index (χ2n) is 12.5. The number of urea groups is 1. The van der Waals surface area contributed by atoms with Crippen LogP contribution in [-0.4, -0.2) is 32.3 Å². The molecule has 9 nitrogen and oxygen atoms in total. The average Bonchev–Trinajstić information content (AvgIpc) is 3.50. The molecule has 0 aliphatic heterocycles. The number of nitrogens with one attached hydrogen (secondary N) is 2. The molecular weight excluding hydrogens is 610 g/mol. The Kier molecular flexibility index (Phi) is 14.3. The van der Waals surface area contributed by atoms with Crippen molar-refractivity contribution in [2.45, 2.75) is 73.6 Å². The lowest BCUT2D eigenvalue weighted by Gasteiger charge is -2.14. The molecule has 2 heterocycles. The quantitative estimate of drug-likeness (QED) is 0.142. The van der Waals surface area contributed by atoms with E-state index in [1.807, 2.05) is 94.4 Å². The second kappa shape index (κ2) is 18.3. The lowest BCUT2D eigenvalue weighted by atomic mass is 9.92. The van der Waals surface area contributed by atoms with E-state index in [0.717, 1.165) is 40.7 Å². The van der Waals surface area contributed by atoms with Crippen LogP contribution in [0.5, 0.6) is 11.6 Å². The maximum absolute atomic E-state index is 13.2. The fraction of sp³-hybridized carbons (Fsp3) is 0.300. The first-order valence-electron chi connectivity index (χ1n) is 16.6. The van der Waals surface area contributed by atoms with Crippen LogP contribution in [0, 0.1) is 13.8 Å². The molecule has 0 saturated heterocycles. The van der Waals surface area contributed by atoms with Gasteiger partial charge in [0.2, 0.25) is 5.88 Å². The Morgan fingerprint density at radius 1 is 0.980 bits per heavy atom. The summed E-state index contributed by atoms with van der Waals surface area (Å²) in [4.78, 5) is 21.7. The number of carbonyl (C=O) groups is 1. The third kappa shape index (κ3) is 11.1. The Balaban J connectivity index is 0.000000514. The lowest BCUT2D eigenvalue weighted by Crippen LogP contribution is -2.21. The third-order valence-electron chi connectivity index (χ3n) is 7.34. The van der Waals surface area contributed by atoms with Crippen molar-refractivity contribution < 1.29 is 9.53 Å². The number of rotatable bonds is 8. The highest BCUT2D eigenvalue weighted by atomic mass is 16.5. The molecule has 9 heteroatoms. The van der Waals surface area contributed by atoms with Crippen LogP contribution in [0.1, 0.15) is 71.5 Å². The molecule has 0 spiro atoms. The van der Waals surface area contributed by atoms with Crippen LogP contribution < -0.4 is 21.1 Å². The number of nitrogens with two attached hydrogens (primary N) is 1. The van der Waals surface area contributed by atoms with E-state index in [9.17, 15) is 4.79 Å². The summed E-state index contributed by atoms with van der Waals surface area (Å²) in [5.74, 6) is 2.30. The second-order valence-corrected chi connectivity index (χ2v) is 12.5. The summed E-state index contributed by atoms with van der Waals surface area (Å²) in [5.41, 5.74) is 10.1. The van der Waals surface area contributed by atoms with Crippen molar-refractivity contribution in [1.29, 1.82) is 0 Å². The number of fused-ring (bicyclic) bond motifs is 1. The zero-order chi connectivity index (χ0) is 36.0. The Hall–Kier alpha value is -5.28. The summed E-state index contributed by atoms with van der Waals surface area (Å²) in [7, 11) is 0. The van der Waals surface area contributed by atoms with Gasteiger partial charge >= 0.3 is 6.03 Å². The fourth-order valence-electron chi connectivity index (χ4n) is 4.75. The number of allylic oxidation sites excluding steroid dienone is 2. The van der Waals surface area contributed by atoms with Crippen LogP contribution in [-0.2, 0) is 5.41 Å². The molecule has 0 unspecified atom stereocenters. The number of hydrogen-bond donors (Lipinski definition) is 3. The van der Waals surface area contributed by atoms with Gasteiger partial charge in [-0.05, 0) is 58.4 Å². The molecule has 49 heavy (non-hydrogen) atoms. The molecule has 0 aliphatic rings. The van der Waals surface area contributed by atoms with Gasteiger partial charge in [-0.25, -0.2) is 14.5 Å². The van der Waals surface area contributed by atoms with Crippen molar-refractivity contribution >= 4 is 28.3 Å². The highest BCUT2D eigenvalue weighted by molar-refractivity contribution is 6.07. The van der Waals surface area contributed by atoms with Crippen molar-refractivity contribution in [3.63, 3.8) is 0 Å². The van der Waals surface area contributed by atoms with E-state index in [1.165, 1.54) is 12.0 Å². The number of amides is 2. The van der Waals surface area contributed by atoms with E-state index < -0.39 is 0 Å². The predicted molar refractivity (Wildman–Crippen MR) is 204 cm³/mol. The molecule has 5 rings (SSSR count). The van der Waals surface area contributed by atoms with Crippen molar-refractivity contribution in [1.82, 2.24) is 19.7 Å². The zero-order valence-electron chi connectivity index (χ0n) is 30.2. The smallest absolute Gasteiger partial charge is 0.324 e. The normalized spacial score (nSPS) is 11.1. The van der Waals surface area contributed by atoms with Crippen molar-refractivity contribution in [2.24, 2.45) is 5.73 Å². The number of carbonyl (C=O) groups excluding carboxylic acids is 1. The number of hydrogen-bond acceptors (Lipinski definition) is 6. The van der Waals surface area contributed by atoms with Gasteiger partial charge < -0.3 is 15.8 Å². The van der Waals surface area contributed by atoms with Crippen LogP contribution in [0.3, 0.4) is 0 Å². The largest absolute Gasteiger partial charge is 0.438 e. The Labute approximate surface area is 291 Å². The first-order valence-corrected chi connectivity index (χ1v) is 16.6. The molecule has 3 aromatic carbocycles. The van der Waals surface area contributed by atoms with Gasteiger partial charge in [0, 0.05) is 41.1 Å². The van der Waals surface area contributed by atoms with Crippen LogP contribution in [0.15, 0.2) is 103 Å². The maximum Gasteiger partial charge on any atom is 0.324 e. The van der Waals surface area contributed by atoms with Gasteiger partial charge in [-0.3, -0.25) is 5.32 Å². The monoisotopic (exact) mass is 661 g/mol. The zero-order valence-corrected chi connectivity index (χ0v) is 30.2. The van der Waals surface area contributed by atoms with Crippen LogP contribution in [0.4, 0.5) is 16.3 Å². The summed E-state index contributed by atoms with van der Waals surface area (Å²) in [6.45, 7) is 20.3. The average molecular weight is 662 g/mol. The minimum atomic E-state index is -0.371. The molecule has 258 valence electrons. The highest BCUT2D eigenvalue weighted by Gasteiger charge is 2.22. The fourth-order valence-corrected chi connectivity index (χ4v) is 4.75. The third-order valence-corrected chi connectivity index (χ3v) is 7.34. The van der Waals surface area contributed by atoms with E-state index >= 15 is 0 Å². The number of aryl methyl sites for hydroxylation is 2. The molecule has 0 fully saturated rings. The first-order chi connectivity index (χ1) is 23.4. The van der Waals surface area contributed by atoms with Gasteiger partial charge in [0.15, 0.2) is 0 Å². The molecule has 4 N–H and O–H groups in total. The van der Waals surface area contributed by atoms with Crippen LogP contribution in [0.2, 0.25) is 0 Å². The first kappa shape index (κ1) is 38.2. The molecular formula is C40H51N7O2. The molecule has 0 atom stereocenters. The van der Waals surface area contributed by atoms with Gasteiger partial charge in [0.05, 0.1) is 17.1 Å². The lowest BCUT2D eigenvalue weighted by molar-refractivity contribution is 0.262. The van der Waals surface area contributed by atoms with Gasteiger partial charge in [0.25, 0.3) is 0 Å². The van der Waals surface area contributed by atoms with Gasteiger partial charge in [-0.15, -0.1) is 6.58 Å². The van der Waals surface area contributed by atoms with Crippen molar-refractivity contribution in [2.75, 3.05) is 17.2 Å². The topological polar surface area (TPSA) is 120 Å². The van der Waals surface area contributed by atoms with E-state index in [0.29, 0.717) is 29.0 Å². The molecule has 2 aromatic heterocycles. The number of aromatic nitrogens is 4. The standard InChI is InChI=1S/C30H30N6O2.C7H15N.C3H6/c1-19-10-12-21(13-11-19)36-27(18-26(35-36)30(3,4)5)34-29(37)33-24-14-15-25(23-9-7-6-8-22(23)24)38-28-16-17-31-20(2)32-28;1-3-5-7(4-2)6-8;1-3-2/h6-18H,1-5H3,(H2,33,34,37);4H,3,5-6,8H2,1-2H3;3H,1H2,2H3/b;7-4+;. The van der Waals surface area contributed by atoms with Crippen molar-refractivity contribution in [3.05, 3.63) is 120 Å².